The first-order chi connectivity index (χ1) is 5.70. The molecule has 6 heteroatoms. The first-order valence-electron chi connectivity index (χ1n) is 3.38. The fourth-order valence-corrected chi connectivity index (χ4v) is 1.01. The largest absolute Gasteiger partial charge is 0.335 e. The fourth-order valence-electron chi connectivity index (χ4n) is 1.01. The summed E-state index contributed by atoms with van der Waals surface area (Å²) in [6.45, 7) is 1.65. The third kappa shape index (κ3) is 0.714. The van der Waals surface area contributed by atoms with Gasteiger partial charge in [0.15, 0.2) is 5.65 Å². The third-order valence-corrected chi connectivity index (χ3v) is 1.69. The maximum atomic E-state index is 11.3. The molecule has 0 bridgehead atoms. The molecule has 0 atom stereocenters. The number of aromatic nitrogens is 4. The zero-order chi connectivity index (χ0) is 8.72. The molecule has 0 spiro atoms. The average Bonchev–Trinajstić information content (AvgIpc) is 2.48. The van der Waals surface area contributed by atoms with Crippen LogP contribution in [0.25, 0.3) is 11.0 Å². The predicted molar refractivity (Wildman–Crippen MR) is 43.0 cm³/mol. The number of fused-ring (bicyclic) bond motifs is 1. The third-order valence-electron chi connectivity index (χ3n) is 1.69. The predicted octanol–water partition coefficient (Wildman–Crippen LogP) is -0.858. The summed E-state index contributed by atoms with van der Waals surface area (Å²) in [5.41, 5.74) is 0.186. The van der Waals surface area contributed by atoms with Gasteiger partial charge in [0.25, 0.3) is 5.56 Å². The van der Waals surface area contributed by atoms with E-state index in [1.165, 1.54) is 6.20 Å². The molecule has 0 amide bonds. The molecule has 0 saturated heterocycles. The molecule has 0 aliphatic carbocycles. The average molecular weight is 165 g/mol. The molecule has 0 fully saturated rings. The van der Waals surface area contributed by atoms with E-state index in [9.17, 15) is 4.79 Å². The van der Waals surface area contributed by atoms with Crippen molar-refractivity contribution in [2.75, 3.05) is 5.84 Å². The number of nitrogens with zero attached hydrogens (tertiary/aromatic N) is 3. The highest BCUT2D eigenvalue weighted by Crippen LogP contribution is 2.00. The van der Waals surface area contributed by atoms with Gasteiger partial charge in [0.2, 0.25) is 0 Å². The van der Waals surface area contributed by atoms with Crippen LogP contribution in [0.5, 0.6) is 0 Å². The van der Waals surface area contributed by atoms with Crippen molar-refractivity contribution in [1.29, 1.82) is 0 Å². The molecule has 2 heterocycles. The number of H-pyrrole nitrogens is 1. The molecule has 62 valence electrons. The maximum absolute atomic E-state index is 11.3. The Morgan fingerprint density at radius 2 is 2.42 bits per heavy atom. The standard InChI is InChI=1S/C6H7N5O/c1-3-9-5-4(2-8-10-5)6(12)11(3)7/h2H,7H2,1H3,(H,8,10). The number of nitrogens with two attached hydrogens (primary N) is 1. The highest BCUT2D eigenvalue weighted by molar-refractivity contribution is 5.72. The summed E-state index contributed by atoms with van der Waals surface area (Å²) in [5, 5.41) is 6.69. The van der Waals surface area contributed by atoms with Gasteiger partial charge in [0.1, 0.15) is 11.2 Å². The smallest absolute Gasteiger partial charge is 0.283 e. The molecule has 0 aromatic carbocycles. The van der Waals surface area contributed by atoms with Crippen LogP contribution in [0.1, 0.15) is 5.82 Å². The van der Waals surface area contributed by atoms with Gasteiger partial charge in [0.05, 0.1) is 6.20 Å². The number of hydrogen-bond acceptors (Lipinski definition) is 4. The van der Waals surface area contributed by atoms with Gasteiger partial charge < -0.3 is 5.84 Å². The van der Waals surface area contributed by atoms with Crippen molar-refractivity contribution >= 4 is 11.0 Å². The second kappa shape index (κ2) is 2.07. The maximum Gasteiger partial charge on any atom is 0.283 e. The zero-order valence-electron chi connectivity index (χ0n) is 6.40. The lowest BCUT2D eigenvalue weighted by Crippen LogP contribution is -2.29. The normalized spacial score (nSPS) is 10.8. The van der Waals surface area contributed by atoms with Gasteiger partial charge in [-0.1, -0.05) is 0 Å². The number of hydrogen-bond donors (Lipinski definition) is 2. The number of nitrogens with one attached hydrogen (secondary N) is 1. The Kier molecular flexibility index (Phi) is 1.18. The summed E-state index contributed by atoms with van der Waals surface area (Å²) in [6.07, 6.45) is 1.41. The molecular weight excluding hydrogens is 158 g/mol. The SMILES string of the molecule is Cc1nc2[nH]ncc2c(=O)n1N. The van der Waals surface area contributed by atoms with Crippen LogP contribution in [0.2, 0.25) is 0 Å². The summed E-state index contributed by atoms with van der Waals surface area (Å²) in [5.74, 6) is 5.86. The summed E-state index contributed by atoms with van der Waals surface area (Å²) in [4.78, 5) is 15.4. The Hall–Kier alpha value is -1.85. The topological polar surface area (TPSA) is 89.6 Å². The number of rotatable bonds is 0. The van der Waals surface area contributed by atoms with Crippen LogP contribution in [0.4, 0.5) is 0 Å². The molecular formula is C6H7N5O. The van der Waals surface area contributed by atoms with E-state index in [0.29, 0.717) is 16.9 Å². The van der Waals surface area contributed by atoms with Crippen LogP contribution in [-0.2, 0) is 0 Å². The van der Waals surface area contributed by atoms with Crippen LogP contribution in [-0.4, -0.2) is 19.9 Å². The second-order valence-electron chi connectivity index (χ2n) is 2.47. The molecule has 0 aliphatic rings. The lowest BCUT2D eigenvalue weighted by molar-refractivity contribution is 0.849. The van der Waals surface area contributed by atoms with E-state index in [1.54, 1.807) is 6.92 Å². The van der Waals surface area contributed by atoms with Gasteiger partial charge in [-0.15, -0.1) is 0 Å². The molecule has 6 nitrogen and oxygen atoms in total. The van der Waals surface area contributed by atoms with E-state index in [0.717, 1.165) is 4.68 Å². The van der Waals surface area contributed by atoms with Gasteiger partial charge in [0, 0.05) is 0 Å². The van der Waals surface area contributed by atoms with E-state index in [4.69, 9.17) is 5.84 Å². The molecule has 12 heavy (non-hydrogen) atoms. The first kappa shape index (κ1) is 6.84. The van der Waals surface area contributed by atoms with Crippen LogP contribution >= 0.6 is 0 Å². The highest BCUT2D eigenvalue weighted by Gasteiger charge is 2.05. The Labute approximate surface area is 67.0 Å². The van der Waals surface area contributed by atoms with Crippen LogP contribution < -0.4 is 11.4 Å². The molecule has 0 unspecified atom stereocenters. The van der Waals surface area contributed by atoms with Crippen molar-refractivity contribution < 1.29 is 0 Å². The van der Waals surface area contributed by atoms with Crippen molar-refractivity contribution in [1.82, 2.24) is 19.9 Å². The van der Waals surface area contributed by atoms with Gasteiger partial charge in [-0.3, -0.25) is 9.89 Å². The Bertz CT molecular complexity index is 482. The Morgan fingerprint density at radius 1 is 1.67 bits per heavy atom. The van der Waals surface area contributed by atoms with Crippen molar-refractivity contribution in [2.45, 2.75) is 6.92 Å². The molecule has 0 aliphatic heterocycles. The van der Waals surface area contributed by atoms with Crippen molar-refractivity contribution in [3.05, 3.63) is 22.4 Å². The minimum atomic E-state index is -0.286. The van der Waals surface area contributed by atoms with E-state index < -0.39 is 0 Å². The number of aromatic amines is 1. The van der Waals surface area contributed by atoms with E-state index in [-0.39, 0.29) is 5.56 Å². The van der Waals surface area contributed by atoms with Crippen LogP contribution in [0, 0.1) is 6.92 Å². The monoisotopic (exact) mass is 165 g/mol. The van der Waals surface area contributed by atoms with Crippen LogP contribution in [0.15, 0.2) is 11.0 Å². The highest BCUT2D eigenvalue weighted by atomic mass is 16.1. The van der Waals surface area contributed by atoms with Gasteiger partial charge in [-0.2, -0.15) is 5.10 Å². The van der Waals surface area contributed by atoms with E-state index in [1.807, 2.05) is 0 Å². The number of aryl methyl sites for hydroxylation is 1. The van der Waals surface area contributed by atoms with Gasteiger partial charge >= 0.3 is 0 Å². The quantitative estimate of drug-likeness (QED) is 0.497. The molecule has 3 N–H and O–H groups in total. The lowest BCUT2D eigenvalue weighted by atomic mass is 10.4. The minimum Gasteiger partial charge on any atom is -0.335 e. The second-order valence-corrected chi connectivity index (χ2v) is 2.47. The summed E-state index contributed by atoms with van der Waals surface area (Å²) < 4.78 is 0.998. The zero-order valence-corrected chi connectivity index (χ0v) is 6.40. The molecule has 2 aromatic heterocycles. The Balaban J connectivity index is 3.05. The lowest BCUT2D eigenvalue weighted by Gasteiger charge is -1.99. The van der Waals surface area contributed by atoms with Gasteiger partial charge in [-0.25, -0.2) is 9.66 Å². The number of nitrogen functional groups attached to an aromatic ring is 1. The summed E-state index contributed by atoms with van der Waals surface area (Å²) in [7, 11) is 0. The minimum absolute atomic E-state index is 0.286. The summed E-state index contributed by atoms with van der Waals surface area (Å²) >= 11 is 0. The van der Waals surface area contributed by atoms with E-state index >= 15 is 0 Å². The summed E-state index contributed by atoms with van der Waals surface area (Å²) in [6, 6.07) is 0. The molecule has 0 radical (unpaired) electrons. The van der Waals surface area contributed by atoms with E-state index in [2.05, 4.69) is 15.2 Å². The molecule has 2 aromatic rings. The van der Waals surface area contributed by atoms with Crippen molar-refractivity contribution in [3.63, 3.8) is 0 Å². The molecule has 0 saturated carbocycles. The molecule has 2 rings (SSSR count). The fraction of sp³-hybridized carbons (Fsp3) is 0.167. The first-order valence-corrected chi connectivity index (χ1v) is 3.38. The Morgan fingerprint density at radius 3 is 3.17 bits per heavy atom. The van der Waals surface area contributed by atoms with Crippen molar-refractivity contribution in [3.8, 4) is 0 Å². The van der Waals surface area contributed by atoms with Crippen LogP contribution in [0.3, 0.4) is 0 Å². The van der Waals surface area contributed by atoms with Gasteiger partial charge in [-0.05, 0) is 6.92 Å². The van der Waals surface area contributed by atoms with Crippen molar-refractivity contribution in [2.24, 2.45) is 0 Å².